The molecule has 1 fully saturated rings. The summed E-state index contributed by atoms with van der Waals surface area (Å²) < 4.78 is 12.7. The molecule has 0 aromatic heterocycles. The van der Waals surface area contributed by atoms with E-state index in [-0.39, 0.29) is 0 Å². The van der Waals surface area contributed by atoms with E-state index in [9.17, 15) is 5.11 Å². The molecule has 0 unspecified atom stereocenters. The van der Waals surface area contributed by atoms with E-state index in [1.165, 1.54) is 0 Å². The summed E-state index contributed by atoms with van der Waals surface area (Å²) in [5.74, 6) is -1.80. The third-order valence-corrected chi connectivity index (χ3v) is 6.35. The quantitative estimate of drug-likeness (QED) is 0.531. The van der Waals surface area contributed by atoms with Crippen molar-refractivity contribution in [3.8, 4) is 0 Å². The van der Waals surface area contributed by atoms with Gasteiger partial charge >= 0.3 is 5.97 Å². The van der Waals surface area contributed by atoms with Crippen molar-refractivity contribution < 1.29 is 14.6 Å². The monoisotopic (exact) mass is 419 g/mol. The molecule has 1 heterocycles. The standard InChI is InChI=1S/C25H29NO3Si/c1-30(2,3)26-24(21-17-11-6-12-18-21)25(27)28-22(19-13-7-4-8-14-19)23(29-25)20-15-9-5-10-16-20/h4-18,22-24,26-27H,1-3H3/t22-,23-,24-/m1/s1. The highest BCUT2D eigenvalue weighted by molar-refractivity contribution is 6.73. The van der Waals surface area contributed by atoms with Crippen LogP contribution in [0.4, 0.5) is 0 Å². The molecule has 0 spiro atoms. The maximum Gasteiger partial charge on any atom is 0.301 e. The molecular formula is C25H29NO3Si. The van der Waals surface area contributed by atoms with Crippen LogP contribution < -0.4 is 4.98 Å². The highest BCUT2D eigenvalue weighted by Gasteiger charge is 2.54. The Kier molecular flexibility index (Phi) is 5.91. The minimum Gasteiger partial charge on any atom is -0.342 e. The fourth-order valence-corrected chi connectivity index (χ4v) is 5.10. The average Bonchev–Trinajstić information content (AvgIpc) is 3.12. The van der Waals surface area contributed by atoms with Gasteiger partial charge in [-0.05, 0) is 16.7 Å². The lowest BCUT2D eigenvalue weighted by Crippen LogP contribution is -2.53. The van der Waals surface area contributed by atoms with Gasteiger partial charge in [0.25, 0.3) is 0 Å². The van der Waals surface area contributed by atoms with Crippen LogP contribution in [0.5, 0.6) is 0 Å². The summed E-state index contributed by atoms with van der Waals surface area (Å²) in [7, 11) is -1.79. The molecule has 3 aromatic carbocycles. The van der Waals surface area contributed by atoms with Gasteiger partial charge in [0.05, 0.1) is 0 Å². The van der Waals surface area contributed by atoms with Crippen LogP contribution in [0.3, 0.4) is 0 Å². The Balaban J connectivity index is 1.76. The van der Waals surface area contributed by atoms with E-state index in [1.807, 2.05) is 91.0 Å². The van der Waals surface area contributed by atoms with Crippen LogP contribution >= 0.6 is 0 Å². The first kappa shape index (κ1) is 21.0. The summed E-state index contributed by atoms with van der Waals surface area (Å²) in [6.07, 6.45) is -0.846. The van der Waals surface area contributed by atoms with Crippen LogP contribution in [-0.2, 0) is 9.47 Å². The highest BCUT2D eigenvalue weighted by Crippen LogP contribution is 2.50. The fourth-order valence-electron chi connectivity index (χ4n) is 3.89. The van der Waals surface area contributed by atoms with Crippen molar-refractivity contribution >= 4 is 8.24 Å². The Hall–Kier alpha value is -2.28. The largest absolute Gasteiger partial charge is 0.342 e. The van der Waals surface area contributed by atoms with Crippen molar-refractivity contribution in [3.05, 3.63) is 108 Å². The number of nitrogens with one attached hydrogen (secondary N) is 1. The lowest BCUT2D eigenvalue weighted by atomic mass is 9.99. The normalized spacial score (nSPS) is 22.0. The number of hydrogen-bond acceptors (Lipinski definition) is 4. The minimum absolute atomic E-state index is 0.423. The second-order valence-electron chi connectivity index (χ2n) is 8.77. The fraction of sp³-hybridized carbons (Fsp3) is 0.280. The smallest absolute Gasteiger partial charge is 0.301 e. The first-order valence-electron chi connectivity index (χ1n) is 10.4. The molecule has 1 saturated heterocycles. The van der Waals surface area contributed by atoms with Crippen molar-refractivity contribution in [2.75, 3.05) is 0 Å². The number of benzene rings is 3. The lowest BCUT2D eigenvalue weighted by molar-refractivity contribution is -0.334. The number of rotatable bonds is 6. The van der Waals surface area contributed by atoms with Gasteiger partial charge in [0.2, 0.25) is 0 Å². The SMILES string of the molecule is C[Si](C)(C)N[C@H](c1ccccc1)C1(O)O[C@H](c2ccccc2)[C@@H](c2ccccc2)O1. The van der Waals surface area contributed by atoms with Gasteiger partial charge in [-0.25, -0.2) is 0 Å². The summed E-state index contributed by atoms with van der Waals surface area (Å²) in [5.41, 5.74) is 2.88. The molecule has 1 aliphatic heterocycles. The molecule has 3 atom stereocenters. The molecule has 4 rings (SSSR count). The molecule has 0 amide bonds. The number of hydrogen-bond donors (Lipinski definition) is 2. The Labute approximate surface area is 179 Å². The van der Waals surface area contributed by atoms with Crippen LogP contribution in [0, 0.1) is 0 Å². The molecule has 3 aromatic rings. The van der Waals surface area contributed by atoms with Gasteiger partial charge in [-0.15, -0.1) is 0 Å². The van der Waals surface area contributed by atoms with Crippen molar-refractivity contribution in [2.45, 2.75) is 43.9 Å². The highest BCUT2D eigenvalue weighted by atomic mass is 28.3. The number of ether oxygens (including phenoxy) is 2. The predicted octanol–water partition coefficient (Wildman–Crippen LogP) is 5.33. The first-order valence-corrected chi connectivity index (χ1v) is 13.9. The Morgan fingerprint density at radius 1 is 0.733 bits per heavy atom. The van der Waals surface area contributed by atoms with E-state index in [4.69, 9.17) is 9.47 Å². The second kappa shape index (κ2) is 8.45. The van der Waals surface area contributed by atoms with Gasteiger partial charge in [0.15, 0.2) is 0 Å². The van der Waals surface area contributed by atoms with Crippen LogP contribution in [-0.4, -0.2) is 19.3 Å². The number of aliphatic hydroxyl groups is 1. The molecule has 0 aliphatic carbocycles. The van der Waals surface area contributed by atoms with Gasteiger partial charge < -0.3 is 19.6 Å². The van der Waals surface area contributed by atoms with Crippen LogP contribution in [0.1, 0.15) is 34.9 Å². The zero-order valence-electron chi connectivity index (χ0n) is 17.7. The first-order chi connectivity index (χ1) is 14.4. The molecule has 5 heteroatoms. The maximum absolute atomic E-state index is 11.7. The third kappa shape index (κ3) is 4.56. The summed E-state index contributed by atoms with van der Waals surface area (Å²) in [4.78, 5) is 3.64. The summed E-state index contributed by atoms with van der Waals surface area (Å²) in [6, 6.07) is 29.3. The van der Waals surface area contributed by atoms with E-state index in [0.717, 1.165) is 16.7 Å². The van der Waals surface area contributed by atoms with E-state index >= 15 is 0 Å². The lowest BCUT2D eigenvalue weighted by Gasteiger charge is -2.36. The molecule has 30 heavy (non-hydrogen) atoms. The van der Waals surface area contributed by atoms with Gasteiger partial charge in [0, 0.05) is 0 Å². The summed E-state index contributed by atoms with van der Waals surface area (Å²) in [5, 5.41) is 11.7. The van der Waals surface area contributed by atoms with E-state index in [0.29, 0.717) is 0 Å². The molecule has 0 radical (unpaired) electrons. The molecular weight excluding hydrogens is 390 g/mol. The van der Waals surface area contributed by atoms with Crippen LogP contribution in [0.25, 0.3) is 0 Å². The second-order valence-corrected chi connectivity index (χ2v) is 13.6. The van der Waals surface area contributed by atoms with Gasteiger partial charge in [-0.1, -0.05) is 111 Å². The molecule has 0 saturated carbocycles. The summed E-state index contributed by atoms with van der Waals surface area (Å²) >= 11 is 0. The van der Waals surface area contributed by atoms with E-state index < -0.39 is 32.5 Å². The Morgan fingerprint density at radius 2 is 1.13 bits per heavy atom. The van der Waals surface area contributed by atoms with Gasteiger partial charge in [-0.2, -0.15) is 0 Å². The summed E-state index contributed by atoms with van der Waals surface area (Å²) in [6.45, 7) is 6.60. The molecule has 2 N–H and O–H groups in total. The Morgan fingerprint density at radius 3 is 1.53 bits per heavy atom. The van der Waals surface area contributed by atoms with Crippen molar-refractivity contribution in [1.29, 1.82) is 0 Å². The van der Waals surface area contributed by atoms with Gasteiger partial charge in [-0.3, -0.25) is 0 Å². The molecule has 156 valence electrons. The molecule has 0 bridgehead atoms. The minimum atomic E-state index is -1.80. The van der Waals surface area contributed by atoms with E-state index in [2.05, 4.69) is 24.6 Å². The maximum atomic E-state index is 11.7. The van der Waals surface area contributed by atoms with Crippen molar-refractivity contribution in [1.82, 2.24) is 4.98 Å². The Bertz CT molecular complexity index is 897. The predicted molar refractivity (Wildman–Crippen MR) is 121 cm³/mol. The van der Waals surface area contributed by atoms with Crippen LogP contribution in [0.2, 0.25) is 19.6 Å². The van der Waals surface area contributed by atoms with E-state index in [1.54, 1.807) is 0 Å². The third-order valence-electron chi connectivity index (χ3n) is 5.20. The zero-order chi connectivity index (χ0) is 21.2. The van der Waals surface area contributed by atoms with Crippen molar-refractivity contribution in [2.24, 2.45) is 0 Å². The molecule has 4 nitrogen and oxygen atoms in total. The zero-order valence-corrected chi connectivity index (χ0v) is 18.7. The van der Waals surface area contributed by atoms with Crippen molar-refractivity contribution in [3.63, 3.8) is 0 Å². The average molecular weight is 420 g/mol. The van der Waals surface area contributed by atoms with Gasteiger partial charge in [0.1, 0.15) is 26.5 Å². The molecule has 1 aliphatic rings. The van der Waals surface area contributed by atoms with Crippen LogP contribution in [0.15, 0.2) is 91.0 Å². The topological polar surface area (TPSA) is 50.7 Å².